The molecule has 2 N–H and O–H groups in total. The first-order valence-electron chi connectivity index (χ1n) is 8.79. The van der Waals surface area contributed by atoms with Crippen LogP contribution in [0, 0.1) is 17.8 Å². The maximum absolute atomic E-state index is 11.6. The zero-order valence-electron chi connectivity index (χ0n) is 13.4. The molecular formula is C17H30N2O2. The summed E-state index contributed by atoms with van der Waals surface area (Å²) in [6, 6.07) is 1.37. The summed E-state index contributed by atoms with van der Waals surface area (Å²) in [6.07, 6.45) is 7.10. The van der Waals surface area contributed by atoms with E-state index in [1.807, 2.05) is 0 Å². The minimum Gasteiger partial charge on any atom is -0.481 e. The van der Waals surface area contributed by atoms with E-state index in [-0.39, 0.29) is 12.0 Å². The summed E-state index contributed by atoms with van der Waals surface area (Å²) in [5, 5.41) is 13.3. The first-order chi connectivity index (χ1) is 10.1. The van der Waals surface area contributed by atoms with E-state index in [1.54, 1.807) is 0 Å². The zero-order valence-corrected chi connectivity index (χ0v) is 13.4. The molecule has 2 bridgehead atoms. The fraction of sp³-hybridized carbons (Fsp3) is 0.941. The van der Waals surface area contributed by atoms with Crippen molar-refractivity contribution < 1.29 is 9.90 Å². The first-order valence-corrected chi connectivity index (χ1v) is 8.79. The molecule has 0 aromatic heterocycles. The molecule has 0 radical (unpaired) electrons. The van der Waals surface area contributed by atoms with Crippen LogP contribution in [0.3, 0.4) is 0 Å². The lowest BCUT2D eigenvalue weighted by atomic mass is 9.84. The summed E-state index contributed by atoms with van der Waals surface area (Å²) >= 11 is 0. The van der Waals surface area contributed by atoms with Crippen molar-refractivity contribution in [3.8, 4) is 0 Å². The molecule has 2 saturated carbocycles. The van der Waals surface area contributed by atoms with E-state index in [0.717, 1.165) is 19.4 Å². The predicted molar refractivity (Wildman–Crippen MR) is 83.2 cm³/mol. The van der Waals surface area contributed by atoms with Crippen LogP contribution in [0.2, 0.25) is 0 Å². The van der Waals surface area contributed by atoms with Crippen molar-refractivity contribution in [1.29, 1.82) is 0 Å². The van der Waals surface area contributed by atoms with Crippen molar-refractivity contribution in [2.24, 2.45) is 17.8 Å². The summed E-state index contributed by atoms with van der Waals surface area (Å²) in [5.41, 5.74) is 0. The molecule has 3 rings (SSSR count). The Morgan fingerprint density at radius 2 is 1.90 bits per heavy atom. The van der Waals surface area contributed by atoms with Crippen LogP contribution >= 0.6 is 0 Å². The normalized spacial score (nSPS) is 40.6. The van der Waals surface area contributed by atoms with Crippen LogP contribution in [-0.4, -0.2) is 47.2 Å². The molecule has 0 aromatic rings. The number of carbonyl (C=O) groups is 1. The van der Waals surface area contributed by atoms with Gasteiger partial charge in [-0.3, -0.25) is 4.79 Å². The Hall–Kier alpha value is -0.610. The quantitative estimate of drug-likeness (QED) is 0.835. The lowest BCUT2D eigenvalue weighted by molar-refractivity contribution is -0.144. The van der Waals surface area contributed by atoms with Gasteiger partial charge in [0.1, 0.15) is 0 Å². The third-order valence-electron chi connectivity index (χ3n) is 6.12. The monoisotopic (exact) mass is 294 g/mol. The van der Waals surface area contributed by atoms with Gasteiger partial charge < -0.3 is 15.3 Å². The summed E-state index contributed by atoms with van der Waals surface area (Å²) in [4.78, 5) is 14.2. The van der Waals surface area contributed by atoms with Gasteiger partial charge in [-0.15, -0.1) is 0 Å². The Kier molecular flexibility index (Phi) is 4.55. The van der Waals surface area contributed by atoms with E-state index in [0.29, 0.717) is 23.9 Å². The van der Waals surface area contributed by atoms with E-state index in [4.69, 9.17) is 0 Å². The predicted octanol–water partition coefficient (Wildman–Crippen LogP) is 2.34. The van der Waals surface area contributed by atoms with Crippen molar-refractivity contribution in [3.05, 3.63) is 0 Å². The Labute approximate surface area is 128 Å². The smallest absolute Gasteiger partial charge is 0.308 e. The van der Waals surface area contributed by atoms with Crippen LogP contribution < -0.4 is 5.32 Å². The summed E-state index contributed by atoms with van der Waals surface area (Å²) in [5.74, 6) is 0.342. The van der Waals surface area contributed by atoms with Crippen molar-refractivity contribution in [3.63, 3.8) is 0 Å². The number of hydrogen-bond donors (Lipinski definition) is 2. The largest absolute Gasteiger partial charge is 0.481 e. The van der Waals surface area contributed by atoms with Crippen LogP contribution in [0.25, 0.3) is 0 Å². The summed E-state index contributed by atoms with van der Waals surface area (Å²) in [7, 11) is 0. The fourth-order valence-electron chi connectivity index (χ4n) is 4.96. The number of hydrogen-bond acceptors (Lipinski definition) is 3. The lowest BCUT2D eigenvalue weighted by Crippen LogP contribution is -2.48. The molecule has 120 valence electrons. The average molecular weight is 294 g/mol. The van der Waals surface area contributed by atoms with Gasteiger partial charge in [-0.2, -0.15) is 0 Å². The molecule has 5 atom stereocenters. The Balaban J connectivity index is 1.59. The van der Waals surface area contributed by atoms with Gasteiger partial charge in [0.2, 0.25) is 0 Å². The van der Waals surface area contributed by atoms with E-state index in [1.165, 1.54) is 32.2 Å². The zero-order chi connectivity index (χ0) is 15.0. The van der Waals surface area contributed by atoms with Gasteiger partial charge in [-0.1, -0.05) is 0 Å². The molecule has 3 fully saturated rings. The van der Waals surface area contributed by atoms with Crippen molar-refractivity contribution in [2.45, 2.75) is 70.5 Å². The fourth-order valence-corrected chi connectivity index (χ4v) is 4.96. The van der Waals surface area contributed by atoms with Crippen molar-refractivity contribution >= 4 is 5.97 Å². The van der Waals surface area contributed by atoms with Crippen LogP contribution in [0.4, 0.5) is 0 Å². The molecule has 4 heteroatoms. The number of aliphatic carboxylic acids is 1. The van der Waals surface area contributed by atoms with Gasteiger partial charge >= 0.3 is 5.97 Å². The van der Waals surface area contributed by atoms with Gasteiger partial charge in [0, 0.05) is 18.1 Å². The second kappa shape index (κ2) is 6.25. The molecule has 0 aromatic carbocycles. The summed E-state index contributed by atoms with van der Waals surface area (Å²) in [6.45, 7) is 6.87. The average Bonchev–Trinajstić information content (AvgIpc) is 2.93. The van der Waals surface area contributed by atoms with E-state index >= 15 is 0 Å². The van der Waals surface area contributed by atoms with E-state index in [9.17, 15) is 9.90 Å². The van der Waals surface area contributed by atoms with Gasteiger partial charge in [0.15, 0.2) is 0 Å². The molecule has 2 aliphatic carbocycles. The van der Waals surface area contributed by atoms with Gasteiger partial charge in [-0.05, 0) is 77.3 Å². The highest BCUT2D eigenvalue weighted by Gasteiger charge is 2.51. The third kappa shape index (κ3) is 3.11. The maximum Gasteiger partial charge on any atom is 0.308 e. The van der Waals surface area contributed by atoms with Gasteiger partial charge in [0.25, 0.3) is 0 Å². The second-order valence-corrected chi connectivity index (χ2v) is 7.65. The first kappa shape index (κ1) is 15.3. The Bertz CT molecular complexity index is 385. The minimum absolute atomic E-state index is 0.131. The Morgan fingerprint density at radius 3 is 2.62 bits per heavy atom. The number of nitrogens with one attached hydrogen (secondary N) is 1. The number of likely N-dealkylation sites (tertiary alicyclic amines) is 1. The highest BCUT2D eigenvalue weighted by atomic mass is 16.4. The highest BCUT2D eigenvalue weighted by Crippen LogP contribution is 2.48. The lowest BCUT2D eigenvalue weighted by Gasteiger charge is -2.32. The number of nitrogens with zero attached hydrogens (tertiary/aromatic N) is 1. The van der Waals surface area contributed by atoms with E-state index < -0.39 is 5.97 Å². The molecule has 0 amide bonds. The van der Waals surface area contributed by atoms with E-state index in [2.05, 4.69) is 24.1 Å². The number of rotatable bonds is 4. The minimum atomic E-state index is -0.572. The number of carboxylic acid groups (broad SMARTS) is 1. The molecule has 4 nitrogen and oxygen atoms in total. The SMILES string of the molecule is CC(C)N1CCCC(NC2C3CCC(C3)C2C(=O)O)CC1. The second-order valence-electron chi connectivity index (χ2n) is 7.65. The van der Waals surface area contributed by atoms with Crippen LogP contribution in [0.15, 0.2) is 0 Å². The van der Waals surface area contributed by atoms with Crippen molar-refractivity contribution in [1.82, 2.24) is 10.2 Å². The van der Waals surface area contributed by atoms with Gasteiger partial charge in [-0.25, -0.2) is 0 Å². The molecule has 1 heterocycles. The molecule has 1 aliphatic heterocycles. The third-order valence-corrected chi connectivity index (χ3v) is 6.12. The van der Waals surface area contributed by atoms with Gasteiger partial charge in [0.05, 0.1) is 5.92 Å². The summed E-state index contributed by atoms with van der Waals surface area (Å²) < 4.78 is 0. The number of carboxylic acids is 1. The Morgan fingerprint density at radius 1 is 1.14 bits per heavy atom. The number of fused-ring (bicyclic) bond motifs is 2. The molecule has 21 heavy (non-hydrogen) atoms. The topological polar surface area (TPSA) is 52.6 Å². The maximum atomic E-state index is 11.6. The van der Waals surface area contributed by atoms with Crippen molar-refractivity contribution in [2.75, 3.05) is 13.1 Å². The molecular weight excluding hydrogens is 264 g/mol. The molecule has 3 aliphatic rings. The molecule has 0 spiro atoms. The van der Waals surface area contributed by atoms with Crippen LogP contribution in [0.5, 0.6) is 0 Å². The molecule has 5 unspecified atom stereocenters. The van der Waals surface area contributed by atoms with Crippen LogP contribution in [0.1, 0.15) is 52.4 Å². The standard InChI is InChI=1S/C17H30N2O2/c1-11(2)19-8-3-4-14(7-9-19)18-16-13-6-5-12(10-13)15(16)17(20)21/h11-16,18H,3-10H2,1-2H3,(H,20,21). The highest BCUT2D eigenvalue weighted by molar-refractivity contribution is 5.72. The van der Waals surface area contributed by atoms with Crippen LogP contribution in [-0.2, 0) is 4.79 Å². The molecule has 1 saturated heterocycles.